The molecule has 2 heterocycles. The Balaban J connectivity index is 1.98. The van der Waals surface area contributed by atoms with Gasteiger partial charge in [0.1, 0.15) is 17.2 Å². The number of rotatable bonds is 0. The van der Waals surface area contributed by atoms with Crippen LogP contribution in [-0.4, -0.2) is 23.8 Å². The predicted molar refractivity (Wildman–Crippen MR) is 66.0 cm³/mol. The summed E-state index contributed by atoms with van der Waals surface area (Å²) in [6.07, 6.45) is 0.791. The summed E-state index contributed by atoms with van der Waals surface area (Å²) in [5.74, 6) is 0.633. The van der Waals surface area contributed by atoms with Gasteiger partial charge < -0.3 is 15.2 Å². The van der Waals surface area contributed by atoms with Crippen molar-refractivity contribution in [3.8, 4) is 5.75 Å². The molecule has 1 fully saturated rings. The molecular formula is C14H18FNO2. The van der Waals surface area contributed by atoms with E-state index in [-0.39, 0.29) is 11.4 Å². The first kappa shape index (κ1) is 11.9. The van der Waals surface area contributed by atoms with Crippen molar-refractivity contribution in [2.45, 2.75) is 31.5 Å². The number of aliphatic hydroxyl groups excluding tert-OH is 1. The van der Waals surface area contributed by atoms with E-state index in [0.717, 1.165) is 19.5 Å². The summed E-state index contributed by atoms with van der Waals surface area (Å²) in [5.41, 5.74) is 0.265. The molecule has 0 aliphatic carbocycles. The normalized spacial score (nSPS) is 35.1. The lowest BCUT2D eigenvalue weighted by Crippen LogP contribution is -2.55. The van der Waals surface area contributed by atoms with Crippen molar-refractivity contribution in [2.75, 3.05) is 13.1 Å². The van der Waals surface area contributed by atoms with Gasteiger partial charge in [-0.2, -0.15) is 0 Å². The minimum Gasteiger partial charge on any atom is -0.486 e. The van der Waals surface area contributed by atoms with Gasteiger partial charge in [0.15, 0.2) is 0 Å². The molecule has 1 aromatic carbocycles. The lowest BCUT2D eigenvalue weighted by molar-refractivity contribution is -0.0661. The molecule has 0 aromatic heterocycles. The van der Waals surface area contributed by atoms with Gasteiger partial charge in [-0.05, 0) is 31.2 Å². The molecule has 2 N–H and O–H groups in total. The Morgan fingerprint density at radius 2 is 2.33 bits per heavy atom. The largest absolute Gasteiger partial charge is 0.486 e. The van der Waals surface area contributed by atoms with Crippen LogP contribution >= 0.6 is 0 Å². The molecule has 0 radical (unpaired) electrons. The number of piperidine rings is 1. The first-order chi connectivity index (χ1) is 8.61. The second-order valence-corrected chi connectivity index (χ2v) is 5.42. The molecule has 0 amide bonds. The van der Waals surface area contributed by atoms with Gasteiger partial charge in [0.25, 0.3) is 0 Å². The molecular weight excluding hydrogens is 233 g/mol. The SMILES string of the molecule is CC1CNCCC12C[C@H](O)c1cc(F)ccc1O2. The van der Waals surface area contributed by atoms with Crippen molar-refractivity contribution in [1.82, 2.24) is 5.32 Å². The van der Waals surface area contributed by atoms with E-state index in [4.69, 9.17) is 4.74 Å². The molecule has 4 heteroatoms. The highest BCUT2D eigenvalue weighted by molar-refractivity contribution is 5.38. The van der Waals surface area contributed by atoms with Crippen LogP contribution in [0.15, 0.2) is 18.2 Å². The van der Waals surface area contributed by atoms with Crippen molar-refractivity contribution in [3.05, 3.63) is 29.6 Å². The second-order valence-electron chi connectivity index (χ2n) is 5.42. The topological polar surface area (TPSA) is 41.5 Å². The van der Waals surface area contributed by atoms with Crippen LogP contribution in [0.3, 0.4) is 0 Å². The first-order valence-electron chi connectivity index (χ1n) is 6.48. The van der Waals surface area contributed by atoms with E-state index < -0.39 is 6.10 Å². The quantitative estimate of drug-likeness (QED) is 0.741. The Bertz CT molecular complexity index is 465. The Morgan fingerprint density at radius 3 is 3.11 bits per heavy atom. The van der Waals surface area contributed by atoms with Gasteiger partial charge in [0.05, 0.1) is 6.10 Å². The van der Waals surface area contributed by atoms with E-state index in [0.29, 0.717) is 23.7 Å². The molecule has 18 heavy (non-hydrogen) atoms. The number of benzene rings is 1. The summed E-state index contributed by atoms with van der Waals surface area (Å²) >= 11 is 0. The third-order valence-electron chi connectivity index (χ3n) is 4.26. The van der Waals surface area contributed by atoms with Crippen molar-refractivity contribution in [2.24, 2.45) is 5.92 Å². The Labute approximate surface area is 106 Å². The molecule has 2 aliphatic rings. The van der Waals surface area contributed by atoms with Crippen LogP contribution in [-0.2, 0) is 0 Å². The maximum absolute atomic E-state index is 13.2. The highest BCUT2D eigenvalue weighted by atomic mass is 19.1. The zero-order valence-electron chi connectivity index (χ0n) is 10.4. The van der Waals surface area contributed by atoms with Crippen molar-refractivity contribution in [3.63, 3.8) is 0 Å². The number of nitrogens with one attached hydrogen (secondary N) is 1. The third-order valence-corrected chi connectivity index (χ3v) is 4.26. The fourth-order valence-corrected chi connectivity index (χ4v) is 3.08. The molecule has 1 aromatic rings. The monoisotopic (exact) mass is 251 g/mol. The number of hydrogen-bond donors (Lipinski definition) is 2. The molecule has 3 rings (SSSR count). The minimum absolute atomic E-state index is 0.310. The van der Waals surface area contributed by atoms with Gasteiger partial charge >= 0.3 is 0 Å². The van der Waals surface area contributed by atoms with E-state index in [2.05, 4.69) is 12.2 Å². The minimum atomic E-state index is -0.634. The molecule has 1 spiro atoms. The van der Waals surface area contributed by atoms with Crippen molar-refractivity contribution in [1.29, 1.82) is 0 Å². The van der Waals surface area contributed by atoms with E-state index >= 15 is 0 Å². The average Bonchev–Trinajstić information content (AvgIpc) is 2.34. The van der Waals surface area contributed by atoms with E-state index in [9.17, 15) is 9.50 Å². The number of hydrogen-bond acceptors (Lipinski definition) is 3. The second kappa shape index (κ2) is 4.21. The Morgan fingerprint density at radius 1 is 1.50 bits per heavy atom. The number of aliphatic hydroxyl groups is 1. The van der Waals surface area contributed by atoms with E-state index in [1.165, 1.54) is 12.1 Å². The lowest BCUT2D eigenvalue weighted by atomic mass is 9.76. The van der Waals surface area contributed by atoms with Gasteiger partial charge in [0, 0.05) is 24.4 Å². The maximum atomic E-state index is 13.2. The van der Waals surface area contributed by atoms with Crippen LogP contribution in [0.4, 0.5) is 4.39 Å². The van der Waals surface area contributed by atoms with Gasteiger partial charge in [-0.15, -0.1) is 0 Å². The van der Waals surface area contributed by atoms with Crippen LogP contribution in [0.5, 0.6) is 5.75 Å². The van der Waals surface area contributed by atoms with Gasteiger partial charge in [-0.3, -0.25) is 0 Å². The first-order valence-corrected chi connectivity index (χ1v) is 6.48. The fraction of sp³-hybridized carbons (Fsp3) is 0.571. The van der Waals surface area contributed by atoms with Gasteiger partial charge in [0.2, 0.25) is 0 Å². The van der Waals surface area contributed by atoms with Crippen LogP contribution in [0.25, 0.3) is 0 Å². The molecule has 1 saturated heterocycles. The Hall–Kier alpha value is -1.13. The predicted octanol–water partition coefficient (Wildman–Crippen LogP) is 2.01. The standard InChI is InChI=1S/C14H18FNO2/c1-9-8-16-5-4-14(9)7-12(17)11-6-10(15)2-3-13(11)18-14/h2-3,6,9,12,16-17H,4-5,7-8H2,1H3/t9?,12-,14?/m0/s1. The van der Waals surface area contributed by atoms with E-state index in [1.807, 2.05) is 0 Å². The van der Waals surface area contributed by atoms with Crippen LogP contribution < -0.4 is 10.1 Å². The molecule has 3 atom stereocenters. The van der Waals surface area contributed by atoms with Gasteiger partial charge in [-0.25, -0.2) is 4.39 Å². The van der Waals surface area contributed by atoms with Crippen LogP contribution in [0, 0.1) is 11.7 Å². The zero-order valence-corrected chi connectivity index (χ0v) is 10.4. The summed E-state index contributed by atoms with van der Waals surface area (Å²) in [4.78, 5) is 0. The highest BCUT2D eigenvalue weighted by Crippen LogP contribution is 2.45. The third kappa shape index (κ3) is 1.80. The van der Waals surface area contributed by atoms with Crippen molar-refractivity contribution >= 4 is 0 Å². The molecule has 3 nitrogen and oxygen atoms in total. The summed E-state index contributed by atoms with van der Waals surface area (Å²) < 4.78 is 19.3. The molecule has 2 aliphatic heterocycles. The number of fused-ring (bicyclic) bond motifs is 1. The maximum Gasteiger partial charge on any atom is 0.126 e. The average molecular weight is 251 g/mol. The zero-order chi connectivity index (χ0) is 12.8. The molecule has 0 bridgehead atoms. The van der Waals surface area contributed by atoms with Crippen molar-refractivity contribution < 1.29 is 14.2 Å². The van der Waals surface area contributed by atoms with Crippen LogP contribution in [0.2, 0.25) is 0 Å². The summed E-state index contributed by atoms with van der Waals surface area (Å²) in [6.45, 7) is 3.92. The lowest BCUT2D eigenvalue weighted by Gasteiger charge is -2.47. The molecule has 0 saturated carbocycles. The molecule has 98 valence electrons. The summed E-state index contributed by atoms with van der Waals surface area (Å²) in [6, 6.07) is 4.39. The van der Waals surface area contributed by atoms with E-state index in [1.54, 1.807) is 6.07 Å². The Kier molecular flexibility index (Phi) is 2.79. The van der Waals surface area contributed by atoms with Crippen LogP contribution in [0.1, 0.15) is 31.4 Å². The summed E-state index contributed by atoms with van der Waals surface area (Å²) in [7, 11) is 0. The highest BCUT2D eigenvalue weighted by Gasteiger charge is 2.45. The molecule has 2 unspecified atom stereocenters. The summed E-state index contributed by atoms with van der Waals surface area (Å²) in [5, 5.41) is 13.6. The number of ether oxygens (including phenoxy) is 1. The van der Waals surface area contributed by atoms with Gasteiger partial charge in [-0.1, -0.05) is 6.92 Å². The smallest absolute Gasteiger partial charge is 0.126 e. The number of halogens is 1. The fourth-order valence-electron chi connectivity index (χ4n) is 3.08.